The van der Waals surface area contributed by atoms with Crippen molar-refractivity contribution in [2.24, 2.45) is 0 Å². The van der Waals surface area contributed by atoms with Crippen LogP contribution in [0.3, 0.4) is 0 Å². The minimum Gasteiger partial charge on any atom is -0.445 e. The zero-order chi connectivity index (χ0) is 21.5. The molecule has 2 atom stereocenters. The minimum atomic E-state index is -4.66. The quantitative estimate of drug-likeness (QED) is 0.708. The van der Waals surface area contributed by atoms with Crippen LogP contribution in [0.1, 0.15) is 42.4 Å². The van der Waals surface area contributed by atoms with Gasteiger partial charge in [0.05, 0.1) is 11.2 Å². The summed E-state index contributed by atoms with van der Waals surface area (Å²) in [6.07, 6.45) is -3.82. The number of hydrogen-bond donors (Lipinski definition) is 1. The Hall–Kier alpha value is -2.61. The van der Waals surface area contributed by atoms with Crippen LogP contribution >= 0.6 is 0 Å². The van der Waals surface area contributed by atoms with Crippen LogP contribution in [-0.4, -0.2) is 28.2 Å². The Balaban J connectivity index is 1.48. The molecule has 2 unspecified atom stereocenters. The van der Waals surface area contributed by atoms with Crippen molar-refractivity contribution in [2.45, 2.75) is 56.2 Å². The number of halogens is 4. The van der Waals surface area contributed by atoms with Crippen molar-refractivity contribution in [1.29, 1.82) is 0 Å². The number of carbonyl (C=O) groups is 1. The summed E-state index contributed by atoms with van der Waals surface area (Å²) in [5.41, 5.74) is -2.04. The van der Waals surface area contributed by atoms with Crippen molar-refractivity contribution in [3.8, 4) is 0 Å². The number of ether oxygens (including phenoxy) is 1. The molecule has 2 aliphatic rings. The van der Waals surface area contributed by atoms with Gasteiger partial charge in [0.25, 0.3) is 0 Å². The van der Waals surface area contributed by atoms with Crippen LogP contribution in [0.4, 0.5) is 22.4 Å². The van der Waals surface area contributed by atoms with Gasteiger partial charge in [0.2, 0.25) is 0 Å². The summed E-state index contributed by atoms with van der Waals surface area (Å²) >= 11 is 0. The summed E-state index contributed by atoms with van der Waals surface area (Å²) in [7, 11) is 0. The van der Waals surface area contributed by atoms with Crippen LogP contribution < -0.4 is 0 Å². The van der Waals surface area contributed by atoms with E-state index < -0.39 is 29.3 Å². The number of alkyl halides is 3. The van der Waals surface area contributed by atoms with Gasteiger partial charge in [-0.1, -0.05) is 36.4 Å². The molecule has 4 rings (SSSR count). The van der Waals surface area contributed by atoms with E-state index in [0.29, 0.717) is 18.9 Å². The number of carbonyl (C=O) groups excluding carboxylic acids is 1. The van der Waals surface area contributed by atoms with E-state index in [2.05, 4.69) is 0 Å². The highest BCUT2D eigenvalue weighted by molar-refractivity contribution is 5.69. The number of fused-ring (bicyclic) bond motifs is 2. The number of rotatable bonds is 3. The second-order valence-corrected chi connectivity index (χ2v) is 7.96. The highest BCUT2D eigenvalue weighted by Gasteiger charge is 2.51. The molecular weight excluding hydrogens is 402 g/mol. The van der Waals surface area contributed by atoms with Crippen molar-refractivity contribution >= 4 is 6.09 Å². The zero-order valence-electron chi connectivity index (χ0n) is 16.0. The van der Waals surface area contributed by atoms with E-state index in [1.165, 1.54) is 0 Å². The molecule has 0 spiro atoms. The molecule has 8 heteroatoms. The van der Waals surface area contributed by atoms with Gasteiger partial charge in [0, 0.05) is 30.5 Å². The molecule has 0 aliphatic carbocycles. The first-order valence-corrected chi connectivity index (χ1v) is 9.76. The van der Waals surface area contributed by atoms with E-state index in [9.17, 15) is 27.5 Å². The maximum absolute atomic E-state index is 14.5. The lowest BCUT2D eigenvalue weighted by Gasteiger charge is -2.43. The normalized spacial score (nSPS) is 26.0. The van der Waals surface area contributed by atoms with Crippen molar-refractivity contribution in [2.75, 3.05) is 0 Å². The molecule has 2 fully saturated rings. The van der Waals surface area contributed by atoms with Gasteiger partial charge in [-0.05, 0) is 30.5 Å². The van der Waals surface area contributed by atoms with E-state index in [-0.39, 0.29) is 37.1 Å². The summed E-state index contributed by atoms with van der Waals surface area (Å²) in [5.74, 6) is -1.09. The van der Waals surface area contributed by atoms with Crippen LogP contribution in [0.2, 0.25) is 0 Å². The fourth-order valence-corrected chi connectivity index (χ4v) is 4.61. The Morgan fingerprint density at radius 2 is 1.73 bits per heavy atom. The predicted octanol–water partition coefficient (Wildman–Crippen LogP) is 5.00. The van der Waals surface area contributed by atoms with Gasteiger partial charge in [-0.25, -0.2) is 9.18 Å². The van der Waals surface area contributed by atoms with Crippen LogP contribution in [-0.2, 0) is 23.1 Å². The molecular formula is C22H21F4NO3. The number of hydrogen-bond acceptors (Lipinski definition) is 3. The molecule has 30 heavy (non-hydrogen) atoms. The van der Waals surface area contributed by atoms with Gasteiger partial charge in [0.1, 0.15) is 12.4 Å². The second kappa shape index (κ2) is 7.58. The van der Waals surface area contributed by atoms with Crippen molar-refractivity contribution in [3.63, 3.8) is 0 Å². The predicted molar refractivity (Wildman–Crippen MR) is 99.8 cm³/mol. The molecule has 2 heterocycles. The van der Waals surface area contributed by atoms with E-state index >= 15 is 0 Å². The first-order valence-electron chi connectivity index (χ1n) is 9.76. The lowest BCUT2D eigenvalue weighted by atomic mass is 9.80. The van der Waals surface area contributed by atoms with Gasteiger partial charge < -0.3 is 14.7 Å². The Morgan fingerprint density at radius 3 is 2.30 bits per heavy atom. The average molecular weight is 423 g/mol. The van der Waals surface area contributed by atoms with Gasteiger partial charge in [-0.3, -0.25) is 0 Å². The van der Waals surface area contributed by atoms with Crippen molar-refractivity contribution < 1.29 is 32.2 Å². The standard InChI is InChI=1S/C22H21F4NO3/c23-19-10-15(22(24,25)26)6-9-18(19)21(29)11-16-7-8-17(12-21)27(16)20(28)30-13-14-4-2-1-3-5-14/h1-6,9-10,16-17,29H,7-8,11-13H2. The molecule has 2 aromatic carbocycles. The Bertz CT molecular complexity index is 918. The molecule has 0 aromatic heterocycles. The summed E-state index contributed by atoms with van der Waals surface area (Å²) < 4.78 is 58.3. The molecule has 1 N–H and O–H groups in total. The summed E-state index contributed by atoms with van der Waals surface area (Å²) in [6, 6.07) is 10.7. The third-order valence-corrected chi connectivity index (χ3v) is 5.98. The first-order chi connectivity index (χ1) is 14.2. The Labute approximate surface area is 171 Å². The van der Waals surface area contributed by atoms with Gasteiger partial charge in [-0.15, -0.1) is 0 Å². The van der Waals surface area contributed by atoms with E-state index in [4.69, 9.17) is 4.74 Å². The SMILES string of the molecule is O=C(OCc1ccccc1)N1C2CCC1CC(O)(c1ccc(C(F)(F)F)cc1F)C2. The van der Waals surface area contributed by atoms with E-state index in [0.717, 1.165) is 17.7 Å². The first kappa shape index (κ1) is 20.7. The van der Waals surface area contributed by atoms with Crippen LogP contribution in [0, 0.1) is 5.82 Å². The van der Waals surface area contributed by atoms with Gasteiger partial charge >= 0.3 is 12.3 Å². The monoisotopic (exact) mass is 423 g/mol. The molecule has 4 nitrogen and oxygen atoms in total. The molecule has 0 radical (unpaired) electrons. The van der Waals surface area contributed by atoms with Crippen molar-refractivity contribution in [3.05, 3.63) is 71.0 Å². The third-order valence-electron chi connectivity index (χ3n) is 5.98. The number of piperidine rings is 1. The molecule has 0 saturated carbocycles. The molecule has 2 bridgehead atoms. The molecule has 2 aliphatic heterocycles. The molecule has 2 aromatic rings. The van der Waals surface area contributed by atoms with Crippen LogP contribution in [0.5, 0.6) is 0 Å². The van der Waals surface area contributed by atoms with E-state index in [1.54, 1.807) is 4.90 Å². The fraction of sp³-hybridized carbons (Fsp3) is 0.409. The number of nitrogens with zero attached hydrogens (tertiary/aromatic N) is 1. The van der Waals surface area contributed by atoms with Gasteiger partial charge in [0.15, 0.2) is 0 Å². The molecule has 1 amide bonds. The fourth-order valence-electron chi connectivity index (χ4n) is 4.61. The maximum atomic E-state index is 14.5. The zero-order valence-corrected chi connectivity index (χ0v) is 16.0. The lowest BCUT2D eigenvalue weighted by molar-refractivity contribution is -0.137. The third kappa shape index (κ3) is 3.88. The van der Waals surface area contributed by atoms with Crippen LogP contribution in [0.15, 0.2) is 48.5 Å². The highest BCUT2D eigenvalue weighted by atomic mass is 19.4. The Morgan fingerprint density at radius 1 is 1.10 bits per heavy atom. The number of benzene rings is 2. The second-order valence-electron chi connectivity index (χ2n) is 7.96. The Kier molecular flexibility index (Phi) is 5.22. The molecule has 160 valence electrons. The lowest BCUT2D eigenvalue weighted by Crippen LogP contribution is -2.52. The van der Waals surface area contributed by atoms with E-state index in [1.807, 2.05) is 30.3 Å². The smallest absolute Gasteiger partial charge is 0.416 e. The topological polar surface area (TPSA) is 49.8 Å². The maximum Gasteiger partial charge on any atom is 0.416 e. The highest BCUT2D eigenvalue weighted by Crippen LogP contribution is 2.47. The van der Waals surface area contributed by atoms with Crippen LogP contribution in [0.25, 0.3) is 0 Å². The summed E-state index contributed by atoms with van der Waals surface area (Å²) in [6.45, 7) is 0.118. The largest absolute Gasteiger partial charge is 0.445 e. The van der Waals surface area contributed by atoms with Crippen molar-refractivity contribution in [1.82, 2.24) is 4.90 Å². The van der Waals surface area contributed by atoms with Gasteiger partial charge in [-0.2, -0.15) is 13.2 Å². The number of amides is 1. The average Bonchev–Trinajstić information content (AvgIpc) is 2.98. The summed E-state index contributed by atoms with van der Waals surface area (Å²) in [4.78, 5) is 14.2. The summed E-state index contributed by atoms with van der Waals surface area (Å²) in [5, 5.41) is 11.1. The number of aliphatic hydroxyl groups is 1. The molecule has 2 saturated heterocycles. The minimum absolute atomic E-state index is 0.0478.